The summed E-state index contributed by atoms with van der Waals surface area (Å²) in [5.74, 6) is -0.131. The number of rotatable bonds is 6. The van der Waals surface area contributed by atoms with Crippen LogP contribution in [-0.2, 0) is 22.0 Å². The van der Waals surface area contributed by atoms with Crippen molar-refractivity contribution in [1.29, 1.82) is 0 Å². The molecule has 3 rings (SSSR count). The van der Waals surface area contributed by atoms with E-state index in [1.807, 2.05) is 18.5 Å². The van der Waals surface area contributed by atoms with E-state index in [1.54, 1.807) is 42.0 Å². The molecule has 1 aromatic heterocycles. The first-order chi connectivity index (χ1) is 14.3. The van der Waals surface area contributed by atoms with Gasteiger partial charge in [0, 0.05) is 24.7 Å². The molecular formula is C21H20N2O5S2. The largest absolute Gasteiger partial charge is 0.493 e. The van der Waals surface area contributed by atoms with Gasteiger partial charge in [0.25, 0.3) is 5.91 Å². The lowest BCUT2D eigenvalue weighted by Crippen LogP contribution is -2.11. The second-order valence-electron chi connectivity index (χ2n) is 6.34. The predicted molar refractivity (Wildman–Crippen MR) is 115 cm³/mol. The summed E-state index contributed by atoms with van der Waals surface area (Å²) in [6, 6.07) is 11.0. The minimum atomic E-state index is -4.00. The minimum Gasteiger partial charge on any atom is -0.493 e. The lowest BCUT2D eigenvalue weighted by atomic mass is 10.2. The molecule has 0 bridgehead atoms. The number of amides is 1. The molecule has 0 aliphatic carbocycles. The summed E-state index contributed by atoms with van der Waals surface area (Å²) in [5, 5.41) is 1.84. The molecule has 0 saturated heterocycles. The summed E-state index contributed by atoms with van der Waals surface area (Å²) < 4.78 is 37.3. The molecule has 0 radical (unpaired) electrons. The van der Waals surface area contributed by atoms with Crippen molar-refractivity contribution in [1.82, 2.24) is 4.57 Å². The first-order valence-corrected chi connectivity index (χ1v) is 11.1. The summed E-state index contributed by atoms with van der Waals surface area (Å²) in [5.41, 5.74) is 1.57. The Balaban J connectivity index is 1.80. The summed E-state index contributed by atoms with van der Waals surface area (Å²) in [6.07, 6.45) is 4.72. The maximum Gasteiger partial charge on any atom is 0.339 e. The highest BCUT2D eigenvalue weighted by Crippen LogP contribution is 2.31. The molecule has 0 unspecified atom stereocenters. The third-order valence-corrected chi connectivity index (χ3v) is 6.18. The molecule has 30 heavy (non-hydrogen) atoms. The third kappa shape index (κ3) is 5.25. The summed E-state index contributed by atoms with van der Waals surface area (Å²) in [4.78, 5) is 16.7. The van der Waals surface area contributed by atoms with Crippen molar-refractivity contribution in [2.45, 2.75) is 11.8 Å². The van der Waals surface area contributed by atoms with Crippen LogP contribution < -0.4 is 13.7 Å². The standard InChI is InChI=1S/C21H20N2O5S2/c1-15-4-8-17(9-5-15)30(25,26)28-18-10-6-16(14-19(18)27-3)7-11-20(24)22-21-23(2)12-13-29-21/h4-14H,1-3H3/b11-7-,22-21?. The Morgan fingerprint density at radius 2 is 1.87 bits per heavy atom. The molecule has 1 amide bonds. The van der Waals surface area contributed by atoms with Crippen molar-refractivity contribution in [3.8, 4) is 11.5 Å². The Bertz CT molecular complexity index is 1250. The van der Waals surface area contributed by atoms with Gasteiger partial charge in [-0.05, 0) is 42.8 Å². The lowest BCUT2D eigenvalue weighted by molar-refractivity contribution is -0.113. The zero-order chi connectivity index (χ0) is 21.7. The van der Waals surface area contributed by atoms with Gasteiger partial charge in [0.1, 0.15) is 4.90 Å². The van der Waals surface area contributed by atoms with E-state index in [4.69, 9.17) is 8.92 Å². The topological polar surface area (TPSA) is 87.0 Å². The SMILES string of the molecule is COc1cc(/C=C\C(=O)N=c2sccn2C)ccc1OS(=O)(=O)c1ccc(C)cc1. The zero-order valence-corrected chi connectivity index (χ0v) is 18.2. The van der Waals surface area contributed by atoms with E-state index in [2.05, 4.69) is 4.99 Å². The number of carbonyl (C=O) groups excluding carboxylic acids is 1. The number of aryl methyl sites for hydroxylation is 2. The van der Waals surface area contributed by atoms with Gasteiger partial charge in [-0.15, -0.1) is 11.3 Å². The van der Waals surface area contributed by atoms with Gasteiger partial charge < -0.3 is 13.5 Å². The van der Waals surface area contributed by atoms with Gasteiger partial charge in [0.05, 0.1) is 7.11 Å². The van der Waals surface area contributed by atoms with Crippen molar-refractivity contribution in [2.24, 2.45) is 12.0 Å². The second kappa shape index (κ2) is 9.10. The first kappa shape index (κ1) is 21.5. The van der Waals surface area contributed by atoms with Crippen LogP contribution >= 0.6 is 11.3 Å². The van der Waals surface area contributed by atoms with E-state index in [9.17, 15) is 13.2 Å². The van der Waals surface area contributed by atoms with Crippen molar-refractivity contribution >= 4 is 33.4 Å². The molecule has 0 aliphatic heterocycles. The molecule has 0 aliphatic rings. The normalized spacial score (nSPS) is 12.3. The molecule has 0 fully saturated rings. The number of nitrogens with zero attached hydrogens (tertiary/aromatic N) is 2. The number of hydrogen-bond donors (Lipinski definition) is 0. The highest BCUT2D eigenvalue weighted by molar-refractivity contribution is 7.87. The van der Waals surface area contributed by atoms with E-state index in [1.165, 1.54) is 42.7 Å². The van der Waals surface area contributed by atoms with Crippen molar-refractivity contribution in [2.75, 3.05) is 7.11 Å². The maximum atomic E-state index is 12.5. The average Bonchev–Trinajstić information content (AvgIpc) is 3.11. The Morgan fingerprint density at radius 3 is 2.50 bits per heavy atom. The summed E-state index contributed by atoms with van der Waals surface area (Å²) >= 11 is 1.36. The van der Waals surface area contributed by atoms with Gasteiger partial charge >= 0.3 is 10.1 Å². The quantitative estimate of drug-likeness (QED) is 0.430. The Morgan fingerprint density at radius 1 is 1.13 bits per heavy atom. The molecule has 9 heteroatoms. The van der Waals surface area contributed by atoms with Gasteiger partial charge in [0.15, 0.2) is 16.3 Å². The second-order valence-corrected chi connectivity index (χ2v) is 8.76. The number of benzene rings is 2. The molecule has 3 aromatic rings. The number of methoxy groups -OCH3 is 1. The predicted octanol–water partition coefficient (Wildman–Crippen LogP) is 3.31. The van der Waals surface area contributed by atoms with Crippen LogP contribution in [0.3, 0.4) is 0 Å². The Kier molecular flexibility index (Phi) is 6.53. The number of hydrogen-bond acceptors (Lipinski definition) is 6. The highest BCUT2D eigenvalue weighted by Gasteiger charge is 2.19. The molecule has 0 N–H and O–H groups in total. The van der Waals surface area contributed by atoms with Gasteiger partial charge in [0.2, 0.25) is 0 Å². The monoisotopic (exact) mass is 444 g/mol. The van der Waals surface area contributed by atoms with E-state index in [0.29, 0.717) is 10.4 Å². The van der Waals surface area contributed by atoms with Gasteiger partial charge in [-0.2, -0.15) is 13.4 Å². The molecule has 156 valence electrons. The van der Waals surface area contributed by atoms with Crippen LogP contribution in [0.5, 0.6) is 11.5 Å². The number of aromatic nitrogens is 1. The average molecular weight is 445 g/mol. The fourth-order valence-corrected chi connectivity index (χ4v) is 4.14. The molecule has 0 atom stereocenters. The van der Waals surface area contributed by atoms with Crippen LogP contribution in [0, 0.1) is 6.92 Å². The van der Waals surface area contributed by atoms with E-state index in [0.717, 1.165) is 5.56 Å². The van der Waals surface area contributed by atoms with Crippen LogP contribution in [0.25, 0.3) is 6.08 Å². The van der Waals surface area contributed by atoms with Gasteiger partial charge in [-0.1, -0.05) is 23.8 Å². The fourth-order valence-electron chi connectivity index (χ4n) is 2.46. The number of ether oxygens (including phenoxy) is 1. The van der Waals surface area contributed by atoms with Crippen LogP contribution in [0.2, 0.25) is 0 Å². The number of carbonyl (C=O) groups is 1. The summed E-state index contributed by atoms with van der Waals surface area (Å²) in [7, 11) is -0.788. The van der Waals surface area contributed by atoms with Gasteiger partial charge in [-0.25, -0.2) is 0 Å². The van der Waals surface area contributed by atoms with E-state index >= 15 is 0 Å². The van der Waals surface area contributed by atoms with E-state index < -0.39 is 16.0 Å². The molecule has 1 heterocycles. The first-order valence-electron chi connectivity index (χ1n) is 8.84. The van der Waals surface area contributed by atoms with Crippen molar-refractivity contribution < 1.29 is 22.1 Å². The summed E-state index contributed by atoms with van der Waals surface area (Å²) in [6.45, 7) is 1.87. The lowest BCUT2D eigenvalue weighted by Gasteiger charge is -2.11. The highest BCUT2D eigenvalue weighted by atomic mass is 32.2. The van der Waals surface area contributed by atoms with Crippen LogP contribution in [0.1, 0.15) is 11.1 Å². The molecule has 0 saturated carbocycles. The van der Waals surface area contributed by atoms with Crippen LogP contribution in [-0.4, -0.2) is 26.0 Å². The Hall–Kier alpha value is -3.17. The number of thiazole rings is 1. The molecule has 7 nitrogen and oxygen atoms in total. The smallest absolute Gasteiger partial charge is 0.339 e. The molecule has 0 spiro atoms. The maximum absolute atomic E-state index is 12.5. The van der Waals surface area contributed by atoms with Crippen molar-refractivity contribution in [3.05, 3.63) is 76.0 Å². The van der Waals surface area contributed by atoms with Crippen LogP contribution in [0.4, 0.5) is 0 Å². The van der Waals surface area contributed by atoms with Crippen LogP contribution in [0.15, 0.2) is 70.0 Å². The fraction of sp³-hybridized carbons (Fsp3) is 0.143. The van der Waals surface area contributed by atoms with E-state index in [-0.39, 0.29) is 16.4 Å². The third-order valence-electron chi connectivity index (χ3n) is 4.08. The van der Waals surface area contributed by atoms with Gasteiger partial charge in [-0.3, -0.25) is 4.79 Å². The molecular weight excluding hydrogens is 424 g/mol. The van der Waals surface area contributed by atoms with Crippen molar-refractivity contribution in [3.63, 3.8) is 0 Å². The minimum absolute atomic E-state index is 0.0491. The Labute approximate surface area is 178 Å². The molecule has 2 aromatic carbocycles. The zero-order valence-electron chi connectivity index (χ0n) is 16.6.